The summed E-state index contributed by atoms with van der Waals surface area (Å²) in [6, 6.07) is 0. The van der Waals surface area contributed by atoms with Crippen molar-refractivity contribution in [3.05, 3.63) is 0 Å². The Kier molecular flexibility index (Phi) is 6.03. The second-order valence-electron chi connectivity index (χ2n) is 2.86. The normalized spacial score (nSPS) is 15.2. The fourth-order valence-electron chi connectivity index (χ4n) is 0.796. The van der Waals surface area contributed by atoms with Gasteiger partial charge in [-0.1, -0.05) is 6.92 Å². The Morgan fingerprint density at radius 3 is 2.67 bits per heavy atom. The van der Waals surface area contributed by atoms with Crippen LogP contribution >= 0.6 is 8.03 Å². The summed E-state index contributed by atoms with van der Waals surface area (Å²) in [6.07, 6.45) is 1.45. The number of amides is 1. The summed E-state index contributed by atoms with van der Waals surface area (Å²) in [5.41, 5.74) is -0.135. The Balaban J connectivity index is 3.31. The van der Waals surface area contributed by atoms with Crippen LogP contribution < -0.4 is 5.32 Å². The number of carbonyl (C=O) groups is 1. The lowest BCUT2D eigenvalue weighted by atomic mass is 10.2. The van der Waals surface area contributed by atoms with E-state index in [1.807, 2.05) is 0 Å². The first-order chi connectivity index (χ1) is 5.54. The molecule has 0 aliphatic rings. The standard InChI is InChI=1S/C7H16NO3P/c1-6(12(10)11)4-3-5-8-7(2)9/h6,12H,3-5H2,1-2H3,(H,8,9)(H,10,11). The molecule has 0 aromatic heterocycles. The molecule has 0 aromatic carbocycles. The molecule has 12 heavy (non-hydrogen) atoms. The average Bonchev–Trinajstić information content (AvgIpc) is 1.97. The van der Waals surface area contributed by atoms with Gasteiger partial charge in [0, 0.05) is 19.1 Å². The molecule has 72 valence electrons. The molecule has 0 spiro atoms. The molecule has 0 saturated carbocycles. The Bertz CT molecular complexity index is 172. The largest absolute Gasteiger partial charge is 0.356 e. The van der Waals surface area contributed by atoms with E-state index < -0.39 is 8.03 Å². The van der Waals surface area contributed by atoms with Crippen LogP contribution in [0.3, 0.4) is 0 Å². The molecule has 4 nitrogen and oxygen atoms in total. The highest BCUT2D eigenvalue weighted by Crippen LogP contribution is 2.25. The molecular formula is C7H16NO3P. The minimum absolute atomic E-state index is 0.0562. The smallest absolute Gasteiger partial charge is 0.216 e. The van der Waals surface area contributed by atoms with Gasteiger partial charge in [-0.15, -0.1) is 0 Å². The number of nitrogens with one attached hydrogen (secondary N) is 1. The van der Waals surface area contributed by atoms with Gasteiger partial charge in [0.05, 0.1) is 0 Å². The first kappa shape index (κ1) is 11.7. The van der Waals surface area contributed by atoms with Gasteiger partial charge in [0.15, 0.2) is 8.03 Å². The number of hydrogen-bond acceptors (Lipinski definition) is 2. The average molecular weight is 193 g/mol. The maximum absolute atomic E-state index is 10.5. The zero-order valence-corrected chi connectivity index (χ0v) is 8.46. The van der Waals surface area contributed by atoms with Crippen LogP contribution in [0.25, 0.3) is 0 Å². The minimum Gasteiger partial charge on any atom is -0.356 e. The van der Waals surface area contributed by atoms with Crippen molar-refractivity contribution in [2.75, 3.05) is 6.54 Å². The van der Waals surface area contributed by atoms with Crippen LogP contribution in [0.5, 0.6) is 0 Å². The molecule has 5 heteroatoms. The monoisotopic (exact) mass is 193 g/mol. The van der Waals surface area contributed by atoms with E-state index in [1.54, 1.807) is 6.92 Å². The number of carbonyl (C=O) groups excluding carboxylic acids is 1. The van der Waals surface area contributed by atoms with Gasteiger partial charge in [-0.25, -0.2) is 0 Å². The highest BCUT2D eigenvalue weighted by molar-refractivity contribution is 7.38. The molecule has 0 bridgehead atoms. The fraction of sp³-hybridized carbons (Fsp3) is 0.857. The van der Waals surface area contributed by atoms with Crippen LogP contribution in [0.1, 0.15) is 26.7 Å². The molecule has 0 aliphatic heterocycles. The van der Waals surface area contributed by atoms with Crippen LogP contribution in [0, 0.1) is 0 Å². The lowest BCUT2D eigenvalue weighted by Crippen LogP contribution is -2.21. The van der Waals surface area contributed by atoms with Crippen molar-refractivity contribution in [2.24, 2.45) is 0 Å². The summed E-state index contributed by atoms with van der Waals surface area (Å²) in [4.78, 5) is 19.1. The highest BCUT2D eigenvalue weighted by atomic mass is 31.1. The predicted molar refractivity (Wildman–Crippen MR) is 48.6 cm³/mol. The van der Waals surface area contributed by atoms with Crippen LogP contribution in [0.4, 0.5) is 0 Å². The SMILES string of the molecule is CC(=O)NCCCC(C)[PH](=O)O. The van der Waals surface area contributed by atoms with Crippen molar-refractivity contribution >= 4 is 13.9 Å². The Morgan fingerprint density at radius 2 is 2.25 bits per heavy atom. The minimum atomic E-state index is -2.38. The third-order valence-electron chi connectivity index (χ3n) is 1.61. The van der Waals surface area contributed by atoms with E-state index in [9.17, 15) is 9.36 Å². The molecule has 0 rings (SSSR count). The topological polar surface area (TPSA) is 66.4 Å². The van der Waals surface area contributed by atoms with E-state index in [0.29, 0.717) is 13.0 Å². The Labute approximate surface area is 73.2 Å². The molecular weight excluding hydrogens is 177 g/mol. The summed E-state index contributed by atoms with van der Waals surface area (Å²) >= 11 is 0. The molecule has 2 N–H and O–H groups in total. The molecule has 0 heterocycles. The van der Waals surface area contributed by atoms with Gasteiger partial charge in [-0.05, 0) is 12.8 Å². The molecule has 2 atom stereocenters. The quantitative estimate of drug-likeness (QED) is 0.500. The molecule has 0 aromatic rings. The molecule has 0 saturated heterocycles. The van der Waals surface area contributed by atoms with Gasteiger partial charge in [-0.3, -0.25) is 9.36 Å². The van der Waals surface area contributed by atoms with E-state index in [1.165, 1.54) is 6.92 Å². The van der Waals surface area contributed by atoms with Gasteiger partial charge in [0.2, 0.25) is 5.91 Å². The van der Waals surface area contributed by atoms with Gasteiger partial charge in [0.1, 0.15) is 0 Å². The van der Waals surface area contributed by atoms with E-state index in [0.717, 1.165) is 6.42 Å². The van der Waals surface area contributed by atoms with Gasteiger partial charge < -0.3 is 10.2 Å². The van der Waals surface area contributed by atoms with Crippen LogP contribution in [-0.4, -0.2) is 23.0 Å². The summed E-state index contributed by atoms with van der Waals surface area (Å²) < 4.78 is 10.5. The van der Waals surface area contributed by atoms with Crippen LogP contribution in [0.2, 0.25) is 0 Å². The van der Waals surface area contributed by atoms with Crippen molar-refractivity contribution in [1.82, 2.24) is 5.32 Å². The Morgan fingerprint density at radius 1 is 1.67 bits per heavy atom. The third-order valence-corrected chi connectivity index (χ3v) is 2.74. The summed E-state index contributed by atoms with van der Waals surface area (Å²) in [6.45, 7) is 3.79. The van der Waals surface area contributed by atoms with Crippen molar-refractivity contribution in [1.29, 1.82) is 0 Å². The predicted octanol–water partition coefficient (Wildman–Crippen LogP) is 0.758. The van der Waals surface area contributed by atoms with E-state index in [2.05, 4.69) is 5.32 Å². The molecule has 0 aliphatic carbocycles. The first-order valence-electron chi connectivity index (χ1n) is 4.01. The second kappa shape index (κ2) is 6.21. The van der Waals surface area contributed by atoms with Crippen LogP contribution in [-0.2, 0) is 9.36 Å². The maximum Gasteiger partial charge on any atom is 0.216 e. The van der Waals surface area contributed by atoms with Crippen molar-refractivity contribution < 1.29 is 14.3 Å². The summed E-state index contributed by atoms with van der Waals surface area (Å²) in [5, 5.41) is 2.63. The van der Waals surface area contributed by atoms with Crippen molar-refractivity contribution in [2.45, 2.75) is 32.3 Å². The lowest BCUT2D eigenvalue weighted by Gasteiger charge is -2.06. The lowest BCUT2D eigenvalue weighted by molar-refractivity contribution is -0.118. The second-order valence-corrected chi connectivity index (χ2v) is 4.53. The van der Waals surface area contributed by atoms with E-state index >= 15 is 0 Å². The van der Waals surface area contributed by atoms with Crippen LogP contribution in [0.15, 0.2) is 0 Å². The molecule has 0 radical (unpaired) electrons. The summed E-state index contributed by atoms with van der Waals surface area (Å²) in [5.74, 6) is -0.0562. The fourth-order valence-corrected chi connectivity index (χ4v) is 1.25. The maximum atomic E-state index is 10.5. The van der Waals surface area contributed by atoms with Crippen molar-refractivity contribution in [3.8, 4) is 0 Å². The summed E-state index contributed by atoms with van der Waals surface area (Å²) in [7, 11) is -2.38. The number of rotatable bonds is 5. The van der Waals surface area contributed by atoms with Gasteiger partial charge in [-0.2, -0.15) is 0 Å². The molecule has 2 unspecified atom stereocenters. The number of hydrogen-bond donors (Lipinski definition) is 2. The van der Waals surface area contributed by atoms with E-state index in [-0.39, 0.29) is 11.6 Å². The zero-order chi connectivity index (χ0) is 9.56. The molecule has 0 fully saturated rings. The van der Waals surface area contributed by atoms with Gasteiger partial charge >= 0.3 is 0 Å². The zero-order valence-electron chi connectivity index (χ0n) is 7.46. The first-order valence-corrected chi connectivity index (χ1v) is 5.44. The highest BCUT2D eigenvalue weighted by Gasteiger charge is 2.06. The molecule has 1 amide bonds. The third kappa shape index (κ3) is 6.38. The Hall–Kier alpha value is -0.340. The van der Waals surface area contributed by atoms with E-state index in [4.69, 9.17) is 4.89 Å². The van der Waals surface area contributed by atoms with Gasteiger partial charge in [0.25, 0.3) is 0 Å². The van der Waals surface area contributed by atoms with Crippen molar-refractivity contribution in [3.63, 3.8) is 0 Å².